The Morgan fingerprint density at radius 1 is 0.826 bits per heavy atom. The third-order valence-corrected chi connectivity index (χ3v) is 2.14. The molecule has 0 spiro atoms. The van der Waals surface area contributed by atoms with Crippen LogP contribution < -0.4 is 0 Å². The lowest BCUT2D eigenvalue weighted by atomic mass is 9.84. The van der Waals surface area contributed by atoms with Crippen LogP contribution in [0.2, 0.25) is 0 Å². The van der Waals surface area contributed by atoms with Gasteiger partial charge in [-0.1, -0.05) is 20.8 Å². The molecule has 2 N–H and O–H groups in total. The topological polar surface area (TPSA) is 119 Å². The average Bonchev–Trinajstić information content (AvgIpc) is 2.21. The second-order valence-electron chi connectivity index (χ2n) is 7.84. The molecule has 0 amide bonds. The molecule has 8 heteroatoms. The summed E-state index contributed by atoms with van der Waals surface area (Å²) < 4.78 is 4.91. The van der Waals surface area contributed by atoms with Crippen LogP contribution >= 0.6 is 0 Å². The second kappa shape index (κ2) is 8.59. The van der Waals surface area contributed by atoms with Gasteiger partial charge in [0.1, 0.15) is 5.60 Å². The standard InChI is InChI=1S/C10H18O6.C5H10O2/c1-9(2,3)6-10(4,5)14-8(13)16-15-7(11)12;1-5(2,3)4(6)7/h6H2,1-5H3,(H,11,12);1-3H3,(H,6,7). The van der Waals surface area contributed by atoms with Crippen molar-refractivity contribution in [3.63, 3.8) is 0 Å². The fraction of sp³-hybridized carbons (Fsp3) is 0.800. The molecule has 8 nitrogen and oxygen atoms in total. The number of carboxylic acid groups (broad SMARTS) is 2. The molecule has 136 valence electrons. The van der Waals surface area contributed by atoms with Gasteiger partial charge in [0.2, 0.25) is 0 Å². The van der Waals surface area contributed by atoms with Crippen LogP contribution in [0.3, 0.4) is 0 Å². The van der Waals surface area contributed by atoms with Crippen LogP contribution in [0.15, 0.2) is 0 Å². The third-order valence-electron chi connectivity index (χ3n) is 2.14. The molecule has 0 aliphatic carbocycles. The summed E-state index contributed by atoms with van der Waals surface area (Å²) in [6.07, 6.45) is -2.27. The molecule has 0 rings (SSSR count). The minimum Gasteiger partial charge on any atom is -0.481 e. The van der Waals surface area contributed by atoms with E-state index < -0.39 is 29.3 Å². The van der Waals surface area contributed by atoms with Crippen molar-refractivity contribution in [1.29, 1.82) is 0 Å². The van der Waals surface area contributed by atoms with Crippen molar-refractivity contribution < 1.29 is 39.1 Å². The number of carbonyl (C=O) groups excluding carboxylic acids is 1. The molecule has 0 heterocycles. The summed E-state index contributed by atoms with van der Waals surface area (Å²) in [7, 11) is 0. The summed E-state index contributed by atoms with van der Waals surface area (Å²) in [4.78, 5) is 38.5. The number of aliphatic carboxylic acids is 1. The van der Waals surface area contributed by atoms with Crippen molar-refractivity contribution >= 4 is 18.3 Å². The van der Waals surface area contributed by atoms with Crippen molar-refractivity contribution in [3.05, 3.63) is 0 Å². The highest BCUT2D eigenvalue weighted by atomic mass is 17.3. The first-order chi connectivity index (χ1) is 9.96. The monoisotopic (exact) mass is 336 g/mol. The molecule has 0 fully saturated rings. The van der Waals surface area contributed by atoms with Gasteiger partial charge in [0.25, 0.3) is 0 Å². The number of carbonyl (C=O) groups is 3. The predicted molar refractivity (Wildman–Crippen MR) is 81.9 cm³/mol. The van der Waals surface area contributed by atoms with Crippen molar-refractivity contribution in [1.82, 2.24) is 0 Å². The van der Waals surface area contributed by atoms with Gasteiger partial charge in [-0.15, -0.1) is 0 Å². The van der Waals surface area contributed by atoms with Gasteiger partial charge in [-0.3, -0.25) is 4.79 Å². The van der Waals surface area contributed by atoms with E-state index in [0.29, 0.717) is 6.42 Å². The lowest BCUT2D eigenvalue weighted by Gasteiger charge is -2.31. The molecule has 0 bridgehead atoms. The van der Waals surface area contributed by atoms with Gasteiger partial charge in [0.05, 0.1) is 5.41 Å². The maximum atomic E-state index is 11.0. The Labute approximate surface area is 136 Å². The summed E-state index contributed by atoms with van der Waals surface area (Å²) in [6, 6.07) is 0. The van der Waals surface area contributed by atoms with Crippen molar-refractivity contribution in [2.24, 2.45) is 10.8 Å². The van der Waals surface area contributed by atoms with E-state index in [0.717, 1.165) is 0 Å². The number of hydrogen-bond acceptors (Lipinski definition) is 6. The maximum Gasteiger partial charge on any atom is 0.550 e. The van der Waals surface area contributed by atoms with Crippen LogP contribution in [0.1, 0.15) is 61.8 Å². The van der Waals surface area contributed by atoms with Crippen molar-refractivity contribution in [2.75, 3.05) is 0 Å². The predicted octanol–water partition coefficient (Wildman–Crippen LogP) is 4.08. The number of ether oxygens (including phenoxy) is 1. The number of rotatable bonds is 2. The summed E-state index contributed by atoms with van der Waals surface area (Å²) in [5.41, 5.74) is -1.37. The van der Waals surface area contributed by atoms with E-state index in [1.165, 1.54) is 0 Å². The summed E-state index contributed by atoms with van der Waals surface area (Å²) in [5, 5.41) is 16.3. The Bertz CT molecular complexity index is 412. The lowest BCUT2D eigenvalue weighted by Crippen LogP contribution is -2.33. The summed E-state index contributed by atoms with van der Waals surface area (Å²) in [5.74, 6) is -0.757. The zero-order valence-corrected chi connectivity index (χ0v) is 15.1. The van der Waals surface area contributed by atoms with E-state index in [-0.39, 0.29) is 5.41 Å². The molecule has 23 heavy (non-hydrogen) atoms. The minimum absolute atomic E-state index is 0.0303. The van der Waals surface area contributed by atoms with Gasteiger partial charge in [-0.2, -0.15) is 9.68 Å². The van der Waals surface area contributed by atoms with Gasteiger partial charge in [0, 0.05) is 0 Å². The molecular formula is C15H28O8. The highest BCUT2D eigenvalue weighted by molar-refractivity contribution is 5.72. The molecule has 0 saturated carbocycles. The van der Waals surface area contributed by atoms with E-state index in [1.807, 2.05) is 20.8 Å². The van der Waals surface area contributed by atoms with Gasteiger partial charge in [-0.05, 0) is 46.5 Å². The molecule has 0 saturated heterocycles. The first-order valence-corrected chi connectivity index (χ1v) is 7.00. The van der Waals surface area contributed by atoms with Gasteiger partial charge >= 0.3 is 18.3 Å². The van der Waals surface area contributed by atoms with Gasteiger partial charge in [0.15, 0.2) is 0 Å². The molecule has 0 radical (unpaired) electrons. The molecule has 0 atom stereocenters. The van der Waals surface area contributed by atoms with Crippen LogP contribution in [0.4, 0.5) is 9.59 Å². The first-order valence-electron chi connectivity index (χ1n) is 7.00. The normalized spacial score (nSPS) is 11.7. The van der Waals surface area contributed by atoms with Crippen LogP contribution in [-0.4, -0.2) is 34.1 Å². The molecule has 0 aliphatic heterocycles. The smallest absolute Gasteiger partial charge is 0.481 e. The molecule has 0 unspecified atom stereocenters. The fourth-order valence-corrected chi connectivity index (χ4v) is 1.63. The van der Waals surface area contributed by atoms with E-state index >= 15 is 0 Å². The van der Waals surface area contributed by atoms with Gasteiger partial charge < -0.3 is 14.9 Å². The number of carboxylic acids is 1. The van der Waals surface area contributed by atoms with E-state index in [9.17, 15) is 14.4 Å². The van der Waals surface area contributed by atoms with Crippen LogP contribution in [0.5, 0.6) is 0 Å². The van der Waals surface area contributed by atoms with Crippen LogP contribution in [0.25, 0.3) is 0 Å². The third kappa shape index (κ3) is 16.2. The van der Waals surface area contributed by atoms with Crippen molar-refractivity contribution in [2.45, 2.75) is 67.4 Å². The Kier molecular flexibility index (Phi) is 8.70. The Morgan fingerprint density at radius 3 is 1.48 bits per heavy atom. The molecule has 0 aliphatic rings. The average molecular weight is 336 g/mol. The zero-order chi connectivity index (χ0) is 19.1. The van der Waals surface area contributed by atoms with E-state index in [1.54, 1.807) is 34.6 Å². The van der Waals surface area contributed by atoms with E-state index in [4.69, 9.17) is 14.9 Å². The lowest BCUT2D eigenvalue weighted by molar-refractivity contribution is -0.223. The Morgan fingerprint density at radius 2 is 1.22 bits per heavy atom. The second-order valence-corrected chi connectivity index (χ2v) is 7.84. The summed E-state index contributed by atoms with van der Waals surface area (Å²) >= 11 is 0. The van der Waals surface area contributed by atoms with Crippen LogP contribution in [0, 0.1) is 10.8 Å². The Hall–Kier alpha value is -1.99. The highest BCUT2D eigenvalue weighted by Crippen LogP contribution is 2.29. The summed E-state index contributed by atoms with van der Waals surface area (Å²) in [6.45, 7) is 14.4. The maximum absolute atomic E-state index is 11.0. The molecular weight excluding hydrogens is 308 g/mol. The van der Waals surface area contributed by atoms with Crippen molar-refractivity contribution in [3.8, 4) is 0 Å². The largest absolute Gasteiger partial charge is 0.550 e. The number of hydrogen-bond donors (Lipinski definition) is 2. The quantitative estimate of drug-likeness (QED) is 0.440. The van der Waals surface area contributed by atoms with Crippen LogP contribution in [-0.2, 0) is 19.3 Å². The van der Waals surface area contributed by atoms with E-state index in [2.05, 4.69) is 9.78 Å². The molecule has 0 aromatic rings. The minimum atomic E-state index is -1.70. The highest BCUT2D eigenvalue weighted by Gasteiger charge is 2.30. The first kappa shape index (κ1) is 23.3. The molecule has 0 aromatic carbocycles. The SMILES string of the molecule is CC(C)(C)C(=O)O.CC(C)(C)CC(C)(C)OC(=O)OOC(=O)O. The molecule has 0 aromatic heterocycles. The fourth-order valence-electron chi connectivity index (χ4n) is 1.63. The van der Waals surface area contributed by atoms with Gasteiger partial charge in [-0.25, -0.2) is 9.68 Å². The zero-order valence-electron chi connectivity index (χ0n) is 15.1. The Balaban J connectivity index is 0.